The molecule has 0 saturated carbocycles. The lowest BCUT2D eigenvalue weighted by atomic mass is 10.1. The molecule has 0 aromatic heterocycles. The van der Waals surface area contributed by atoms with Crippen LogP contribution in [0.25, 0.3) is 0 Å². The van der Waals surface area contributed by atoms with E-state index in [1.807, 2.05) is 26.1 Å². The first-order valence-electron chi connectivity index (χ1n) is 4.65. The van der Waals surface area contributed by atoms with E-state index < -0.39 is 0 Å². The normalized spacial score (nSPS) is 10.7. The fourth-order valence-electron chi connectivity index (χ4n) is 1.46. The number of hydrogen-bond acceptors (Lipinski definition) is 3. The first-order valence-corrected chi connectivity index (χ1v) is 5.19. The third-order valence-corrected chi connectivity index (χ3v) is 2.28. The number of anilines is 1. The van der Waals surface area contributed by atoms with Crippen LogP contribution in [0.3, 0.4) is 0 Å². The van der Waals surface area contributed by atoms with Crippen LogP contribution in [0, 0.1) is 6.92 Å². The standard InChI is InChI=1S/C11H15ClN2O/c1-8-4-5-9(6-14-7-12)10(13-2)11(8)15-3/h4-6,13H,7H2,1-3H3/b14-6-. The first kappa shape index (κ1) is 11.9. The molecular weight excluding hydrogens is 212 g/mol. The van der Waals surface area contributed by atoms with Gasteiger partial charge in [-0.1, -0.05) is 12.1 Å². The van der Waals surface area contributed by atoms with Gasteiger partial charge in [-0.15, -0.1) is 11.6 Å². The number of aliphatic imine (C=N–C) groups is 1. The third kappa shape index (κ3) is 2.63. The molecule has 1 rings (SSSR count). The molecule has 0 aliphatic carbocycles. The summed E-state index contributed by atoms with van der Waals surface area (Å²) in [7, 11) is 3.51. The van der Waals surface area contributed by atoms with Crippen LogP contribution in [-0.2, 0) is 0 Å². The lowest BCUT2D eigenvalue weighted by Crippen LogP contribution is -2.00. The molecule has 0 spiro atoms. The number of halogens is 1. The van der Waals surface area contributed by atoms with Gasteiger partial charge in [0.25, 0.3) is 0 Å². The van der Waals surface area contributed by atoms with E-state index in [2.05, 4.69) is 10.3 Å². The van der Waals surface area contributed by atoms with Crippen molar-refractivity contribution in [2.75, 3.05) is 25.5 Å². The summed E-state index contributed by atoms with van der Waals surface area (Å²) in [5.41, 5.74) is 3.00. The van der Waals surface area contributed by atoms with Gasteiger partial charge in [0, 0.05) is 18.8 Å². The monoisotopic (exact) mass is 226 g/mol. The van der Waals surface area contributed by atoms with Crippen molar-refractivity contribution >= 4 is 23.5 Å². The third-order valence-electron chi connectivity index (χ3n) is 2.14. The van der Waals surface area contributed by atoms with Crippen molar-refractivity contribution in [1.29, 1.82) is 0 Å². The molecule has 1 aromatic carbocycles. The van der Waals surface area contributed by atoms with E-state index in [0.29, 0.717) is 0 Å². The van der Waals surface area contributed by atoms with Crippen LogP contribution in [-0.4, -0.2) is 26.4 Å². The van der Waals surface area contributed by atoms with Gasteiger partial charge in [-0.3, -0.25) is 4.99 Å². The molecule has 1 aromatic rings. The Morgan fingerprint density at radius 3 is 2.80 bits per heavy atom. The second-order valence-electron chi connectivity index (χ2n) is 3.06. The van der Waals surface area contributed by atoms with Crippen LogP contribution in [0.15, 0.2) is 17.1 Å². The molecular formula is C11H15ClN2O. The highest BCUT2D eigenvalue weighted by atomic mass is 35.5. The molecule has 15 heavy (non-hydrogen) atoms. The molecule has 0 heterocycles. The Balaban J connectivity index is 3.22. The zero-order chi connectivity index (χ0) is 11.3. The average molecular weight is 227 g/mol. The molecule has 0 amide bonds. The Hall–Kier alpha value is -1.22. The second kappa shape index (κ2) is 5.61. The number of ether oxygens (including phenoxy) is 1. The molecule has 0 fully saturated rings. The molecule has 0 aliphatic rings. The summed E-state index contributed by atoms with van der Waals surface area (Å²) in [5.74, 6) is 0.844. The Morgan fingerprint density at radius 1 is 1.53 bits per heavy atom. The Labute approximate surface area is 95.1 Å². The largest absolute Gasteiger partial charge is 0.494 e. The van der Waals surface area contributed by atoms with Crippen molar-refractivity contribution in [1.82, 2.24) is 0 Å². The molecule has 0 unspecified atom stereocenters. The van der Waals surface area contributed by atoms with Gasteiger partial charge in [0.05, 0.1) is 12.8 Å². The van der Waals surface area contributed by atoms with Crippen molar-refractivity contribution < 1.29 is 4.74 Å². The Bertz CT molecular complexity index is 364. The van der Waals surface area contributed by atoms with Gasteiger partial charge in [-0.2, -0.15) is 0 Å². The maximum Gasteiger partial charge on any atom is 0.145 e. The minimum absolute atomic E-state index is 0.263. The highest BCUT2D eigenvalue weighted by molar-refractivity contribution is 6.18. The summed E-state index contributed by atoms with van der Waals surface area (Å²) in [4.78, 5) is 4.00. The highest BCUT2D eigenvalue weighted by Crippen LogP contribution is 2.30. The number of hydrogen-bond donors (Lipinski definition) is 1. The molecule has 82 valence electrons. The first-order chi connectivity index (χ1) is 7.24. The maximum absolute atomic E-state index is 5.50. The molecule has 0 radical (unpaired) electrons. The van der Waals surface area contributed by atoms with E-state index >= 15 is 0 Å². The van der Waals surface area contributed by atoms with Crippen molar-refractivity contribution in [3.05, 3.63) is 23.3 Å². The summed E-state index contributed by atoms with van der Waals surface area (Å²) in [6.07, 6.45) is 1.74. The van der Waals surface area contributed by atoms with Crippen molar-refractivity contribution in [3.63, 3.8) is 0 Å². The van der Waals surface area contributed by atoms with Gasteiger partial charge in [0.15, 0.2) is 0 Å². The summed E-state index contributed by atoms with van der Waals surface area (Å²) in [6.45, 7) is 2.00. The van der Waals surface area contributed by atoms with Crippen LogP contribution >= 0.6 is 11.6 Å². The van der Waals surface area contributed by atoms with Gasteiger partial charge in [-0.25, -0.2) is 0 Å². The quantitative estimate of drug-likeness (QED) is 0.487. The fourth-order valence-corrected chi connectivity index (χ4v) is 1.53. The number of aryl methyl sites for hydroxylation is 1. The lowest BCUT2D eigenvalue weighted by Gasteiger charge is -2.13. The number of nitrogens with zero attached hydrogens (tertiary/aromatic N) is 1. The van der Waals surface area contributed by atoms with E-state index in [4.69, 9.17) is 16.3 Å². The minimum Gasteiger partial charge on any atom is -0.494 e. The van der Waals surface area contributed by atoms with Crippen molar-refractivity contribution in [2.45, 2.75) is 6.92 Å². The average Bonchev–Trinajstić information content (AvgIpc) is 2.26. The van der Waals surface area contributed by atoms with Gasteiger partial charge in [0.1, 0.15) is 11.8 Å². The molecule has 1 N–H and O–H groups in total. The number of alkyl halides is 1. The van der Waals surface area contributed by atoms with Crippen molar-refractivity contribution in [3.8, 4) is 5.75 Å². The van der Waals surface area contributed by atoms with E-state index in [9.17, 15) is 0 Å². The predicted octanol–water partition coefficient (Wildman–Crippen LogP) is 2.66. The maximum atomic E-state index is 5.50. The molecule has 4 heteroatoms. The number of methoxy groups -OCH3 is 1. The summed E-state index contributed by atoms with van der Waals surface area (Å²) < 4.78 is 5.33. The van der Waals surface area contributed by atoms with E-state index in [1.54, 1.807) is 13.3 Å². The molecule has 0 bridgehead atoms. The molecule has 3 nitrogen and oxygen atoms in total. The number of benzene rings is 1. The smallest absolute Gasteiger partial charge is 0.145 e. The summed E-state index contributed by atoms with van der Waals surface area (Å²) in [6, 6.07) is 4.24. The molecule has 0 saturated heterocycles. The van der Waals surface area contributed by atoms with Crippen molar-refractivity contribution in [2.24, 2.45) is 4.99 Å². The fraction of sp³-hybridized carbons (Fsp3) is 0.364. The Kier molecular flexibility index (Phi) is 4.43. The van der Waals surface area contributed by atoms with E-state index in [-0.39, 0.29) is 6.00 Å². The highest BCUT2D eigenvalue weighted by Gasteiger charge is 2.08. The van der Waals surface area contributed by atoms with Crippen LogP contribution in [0.5, 0.6) is 5.75 Å². The molecule has 0 aliphatic heterocycles. The Morgan fingerprint density at radius 2 is 2.27 bits per heavy atom. The summed E-state index contributed by atoms with van der Waals surface area (Å²) >= 11 is 5.50. The van der Waals surface area contributed by atoms with Crippen LogP contribution < -0.4 is 10.1 Å². The van der Waals surface area contributed by atoms with E-state index in [1.165, 1.54) is 0 Å². The topological polar surface area (TPSA) is 33.6 Å². The summed E-state index contributed by atoms with van der Waals surface area (Å²) in [5, 5.41) is 3.11. The van der Waals surface area contributed by atoms with Gasteiger partial charge in [0.2, 0.25) is 0 Å². The van der Waals surface area contributed by atoms with E-state index in [0.717, 1.165) is 22.6 Å². The molecule has 0 atom stereocenters. The number of rotatable bonds is 4. The van der Waals surface area contributed by atoms with Gasteiger partial charge in [-0.05, 0) is 12.5 Å². The SMILES string of the molecule is CNc1c(/C=N\CCl)ccc(C)c1OC. The van der Waals surface area contributed by atoms with Crippen LogP contribution in [0.4, 0.5) is 5.69 Å². The van der Waals surface area contributed by atoms with Gasteiger partial charge >= 0.3 is 0 Å². The zero-order valence-corrected chi connectivity index (χ0v) is 9.93. The lowest BCUT2D eigenvalue weighted by molar-refractivity contribution is 0.413. The zero-order valence-electron chi connectivity index (χ0n) is 9.17. The van der Waals surface area contributed by atoms with Gasteiger partial charge < -0.3 is 10.1 Å². The predicted molar refractivity (Wildman–Crippen MR) is 65.6 cm³/mol. The van der Waals surface area contributed by atoms with Crippen LogP contribution in [0.2, 0.25) is 0 Å². The number of nitrogens with one attached hydrogen (secondary N) is 1. The van der Waals surface area contributed by atoms with Crippen LogP contribution in [0.1, 0.15) is 11.1 Å². The minimum atomic E-state index is 0.263. The second-order valence-corrected chi connectivity index (χ2v) is 3.30.